The SMILES string of the molecule is Nc1ccc(-c2noc3c(Cl)cc(Cl)cc23)cc1. The molecule has 0 saturated heterocycles. The van der Waals surface area contributed by atoms with Gasteiger partial charge in [0, 0.05) is 16.3 Å². The molecular formula is C13H8Cl2N2O. The average Bonchev–Trinajstić information content (AvgIpc) is 2.74. The van der Waals surface area contributed by atoms with Gasteiger partial charge in [0.15, 0.2) is 5.58 Å². The summed E-state index contributed by atoms with van der Waals surface area (Å²) in [6, 6.07) is 10.8. The Labute approximate surface area is 113 Å². The van der Waals surface area contributed by atoms with Gasteiger partial charge in [-0.05, 0) is 24.3 Å². The van der Waals surface area contributed by atoms with E-state index in [1.54, 1.807) is 12.1 Å². The van der Waals surface area contributed by atoms with Crippen LogP contribution in [0.5, 0.6) is 0 Å². The Hall–Kier alpha value is -1.71. The van der Waals surface area contributed by atoms with Crippen molar-refractivity contribution in [1.29, 1.82) is 0 Å². The van der Waals surface area contributed by atoms with E-state index >= 15 is 0 Å². The molecule has 90 valence electrons. The molecule has 0 atom stereocenters. The van der Waals surface area contributed by atoms with Crippen LogP contribution >= 0.6 is 23.2 Å². The van der Waals surface area contributed by atoms with Crippen LogP contribution in [0.15, 0.2) is 40.9 Å². The van der Waals surface area contributed by atoms with Crippen LogP contribution in [0.1, 0.15) is 0 Å². The zero-order valence-electron chi connectivity index (χ0n) is 9.15. The third-order valence-electron chi connectivity index (χ3n) is 2.68. The zero-order chi connectivity index (χ0) is 12.7. The first-order valence-corrected chi connectivity index (χ1v) is 6.01. The first-order valence-electron chi connectivity index (χ1n) is 5.25. The highest BCUT2D eigenvalue weighted by molar-refractivity contribution is 6.38. The van der Waals surface area contributed by atoms with Gasteiger partial charge < -0.3 is 10.3 Å². The van der Waals surface area contributed by atoms with Crippen molar-refractivity contribution in [3.63, 3.8) is 0 Å². The van der Waals surface area contributed by atoms with Crippen molar-refractivity contribution in [3.05, 3.63) is 46.4 Å². The molecule has 0 saturated carbocycles. The lowest BCUT2D eigenvalue weighted by molar-refractivity contribution is 0.459. The van der Waals surface area contributed by atoms with Gasteiger partial charge in [0.2, 0.25) is 0 Å². The molecule has 3 rings (SSSR count). The average molecular weight is 279 g/mol. The number of nitrogens with two attached hydrogens (primary N) is 1. The maximum atomic E-state index is 6.05. The van der Waals surface area contributed by atoms with Crippen LogP contribution < -0.4 is 5.73 Å². The van der Waals surface area contributed by atoms with Gasteiger partial charge in [-0.2, -0.15) is 0 Å². The molecule has 0 aliphatic heterocycles. The summed E-state index contributed by atoms with van der Waals surface area (Å²) in [5.74, 6) is 0. The van der Waals surface area contributed by atoms with Crippen molar-refractivity contribution in [2.45, 2.75) is 0 Å². The molecule has 0 amide bonds. The Morgan fingerprint density at radius 3 is 2.50 bits per heavy atom. The van der Waals surface area contributed by atoms with Crippen molar-refractivity contribution in [2.75, 3.05) is 5.73 Å². The summed E-state index contributed by atoms with van der Waals surface area (Å²) in [7, 11) is 0. The second-order valence-electron chi connectivity index (χ2n) is 3.92. The molecule has 0 aliphatic rings. The molecule has 0 radical (unpaired) electrons. The molecule has 1 aromatic heterocycles. The Morgan fingerprint density at radius 1 is 1.06 bits per heavy atom. The van der Waals surface area contributed by atoms with Gasteiger partial charge in [0.1, 0.15) is 5.69 Å². The normalized spacial score (nSPS) is 11.0. The van der Waals surface area contributed by atoms with Gasteiger partial charge >= 0.3 is 0 Å². The van der Waals surface area contributed by atoms with Crippen LogP contribution in [0.4, 0.5) is 5.69 Å². The second-order valence-corrected chi connectivity index (χ2v) is 4.76. The zero-order valence-corrected chi connectivity index (χ0v) is 10.7. The van der Waals surface area contributed by atoms with E-state index in [-0.39, 0.29) is 0 Å². The summed E-state index contributed by atoms with van der Waals surface area (Å²) in [5.41, 5.74) is 8.49. The lowest BCUT2D eigenvalue weighted by Gasteiger charge is -1.98. The first kappa shape index (κ1) is 11.4. The standard InChI is InChI=1S/C13H8Cl2N2O/c14-8-5-10-12(7-1-3-9(16)4-2-7)17-18-13(10)11(15)6-8/h1-6H,16H2. The topological polar surface area (TPSA) is 52.0 Å². The Kier molecular flexibility index (Phi) is 2.65. The number of anilines is 1. The molecule has 2 N–H and O–H groups in total. The minimum Gasteiger partial charge on any atom is -0.399 e. The number of fused-ring (bicyclic) bond motifs is 1. The van der Waals surface area contributed by atoms with Crippen LogP contribution in [0, 0.1) is 0 Å². The second kappa shape index (κ2) is 4.19. The van der Waals surface area contributed by atoms with Crippen molar-refractivity contribution in [3.8, 4) is 11.3 Å². The van der Waals surface area contributed by atoms with E-state index < -0.39 is 0 Å². The van der Waals surface area contributed by atoms with Gasteiger partial charge in [-0.15, -0.1) is 0 Å². The molecule has 0 bridgehead atoms. The fourth-order valence-corrected chi connectivity index (χ4v) is 2.35. The number of aromatic nitrogens is 1. The van der Waals surface area contributed by atoms with E-state index in [9.17, 15) is 0 Å². The number of nitrogens with zero attached hydrogens (tertiary/aromatic N) is 1. The van der Waals surface area contributed by atoms with Gasteiger partial charge in [0.05, 0.1) is 10.4 Å². The van der Waals surface area contributed by atoms with Gasteiger partial charge in [0.25, 0.3) is 0 Å². The molecule has 0 spiro atoms. The Bertz CT molecular complexity index is 720. The minimum atomic E-state index is 0.451. The van der Waals surface area contributed by atoms with Crippen molar-refractivity contribution in [1.82, 2.24) is 5.16 Å². The smallest absolute Gasteiger partial charge is 0.186 e. The first-order chi connectivity index (χ1) is 8.65. The number of rotatable bonds is 1. The largest absolute Gasteiger partial charge is 0.399 e. The van der Waals surface area contributed by atoms with E-state index in [4.69, 9.17) is 33.5 Å². The molecule has 2 aromatic carbocycles. The van der Waals surface area contributed by atoms with Crippen LogP contribution in [-0.2, 0) is 0 Å². The molecule has 18 heavy (non-hydrogen) atoms. The van der Waals surface area contributed by atoms with Crippen molar-refractivity contribution < 1.29 is 4.52 Å². The van der Waals surface area contributed by atoms with Gasteiger partial charge in [-0.3, -0.25) is 0 Å². The van der Waals surface area contributed by atoms with Crippen molar-refractivity contribution in [2.24, 2.45) is 0 Å². The highest BCUT2D eigenvalue weighted by Gasteiger charge is 2.13. The number of nitrogen functional groups attached to an aromatic ring is 1. The Morgan fingerprint density at radius 2 is 1.78 bits per heavy atom. The number of hydrogen-bond donors (Lipinski definition) is 1. The van der Waals surface area contributed by atoms with E-state index in [1.165, 1.54) is 0 Å². The fraction of sp³-hybridized carbons (Fsp3) is 0. The van der Waals surface area contributed by atoms with E-state index in [1.807, 2.05) is 24.3 Å². The molecule has 0 fully saturated rings. The Balaban J connectivity index is 2.27. The van der Waals surface area contributed by atoms with Gasteiger partial charge in [-0.1, -0.05) is 40.5 Å². The number of hydrogen-bond acceptors (Lipinski definition) is 3. The molecule has 1 heterocycles. The minimum absolute atomic E-state index is 0.451. The number of halogens is 2. The maximum absolute atomic E-state index is 6.05. The lowest BCUT2D eigenvalue weighted by Crippen LogP contribution is -1.84. The predicted octanol–water partition coefficient (Wildman–Crippen LogP) is 4.38. The third-order valence-corrected chi connectivity index (χ3v) is 3.17. The maximum Gasteiger partial charge on any atom is 0.186 e. The summed E-state index contributed by atoms with van der Waals surface area (Å²) in [4.78, 5) is 0. The molecular weight excluding hydrogens is 271 g/mol. The van der Waals surface area contributed by atoms with Gasteiger partial charge in [-0.25, -0.2) is 0 Å². The highest BCUT2D eigenvalue weighted by Crippen LogP contribution is 2.34. The van der Waals surface area contributed by atoms with Crippen LogP contribution in [-0.4, -0.2) is 5.16 Å². The quantitative estimate of drug-likeness (QED) is 0.672. The molecule has 0 unspecified atom stereocenters. The molecule has 5 heteroatoms. The molecule has 3 aromatic rings. The summed E-state index contributed by atoms with van der Waals surface area (Å²) in [6.07, 6.45) is 0. The van der Waals surface area contributed by atoms with E-state index in [2.05, 4.69) is 5.16 Å². The molecule has 0 aliphatic carbocycles. The monoisotopic (exact) mass is 278 g/mol. The number of benzene rings is 2. The summed E-state index contributed by atoms with van der Waals surface area (Å²) < 4.78 is 5.25. The van der Waals surface area contributed by atoms with Crippen LogP contribution in [0.3, 0.4) is 0 Å². The molecule has 3 nitrogen and oxygen atoms in total. The van der Waals surface area contributed by atoms with E-state index in [0.29, 0.717) is 27.0 Å². The summed E-state index contributed by atoms with van der Waals surface area (Å²) >= 11 is 12.0. The highest BCUT2D eigenvalue weighted by atomic mass is 35.5. The summed E-state index contributed by atoms with van der Waals surface area (Å²) in [6.45, 7) is 0. The van der Waals surface area contributed by atoms with Crippen LogP contribution in [0.25, 0.3) is 22.2 Å². The fourth-order valence-electron chi connectivity index (χ4n) is 1.82. The van der Waals surface area contributed by atoms with Crippen molar-refractivity contribution >= 4 is 39.9 Å². The predicted molar refractivity (Wildman–Crippen MR) is 73.9 cm³/mol. The third kappa shape index (κ3) is 1.82. The summed E-state index contributed by atoms with van der Waals surface area (Å²) in [5, 5.41) is 5.83. The van der Waals surface area contributed by atoms with E-state index in [0.717, 1.165) is 10.9 Å². The van der Waals surface area contributed by atoms with Crippen LogP contribution in [0.2, 0.25) is 10.0 Å². The lowest BCUT2D eigenvalue weighted by atomic mass is 10.1.